The zero-order valence-corrected chi connectivity index (χ0v) is 13.5. The first-order valence-electron chi connectivity index (χ1n) is 8.02. The smallest absolute Gasteiger partial charge is 0.234 e. The minimum atomic E-state index is 0.548. The second-order valence-electron chi connectivity index (χ2n) is 5.53. The average molecular weight is 322 g/mol. The van der Waals surface area contributed by atoms with Crippen molar-refractivity contribution in [3.63, 3.8) is 0 Å². The van der Waals surface area contributed by atoms with Crippen molar-refractivity contribution in [1.82, 2.24) is 24.7 Å². The molecular formula is C17H18N6O. The highest BCUT2D eigenvalue weighted by Gasteiger charge is 2.23. The largest absolute Gasteiger partial charge is 0.477 e. The van der Waals surface area contributed by atoms with Crippen molar-refractivity contribution >= 4 is 5.82 Å². The highest BCUT2D eigenvalue weighted by molar-refractivity contribution is 5.55. The van der Waals surface area contributed by atoms with Gasteiger partial charge < -0.3 is 14.2 Å². The Morgan fingerprint density at radius 1 is 1.08 bits per heavy atom. The first-order chi connectivity index (χ1) is 11.8. The Morgan fingerprint density at radius 2 is 1.96 bits per heavy atom. The number of benzene rings is 1. The van der Waals surface area contributed by atoms with Crippen LogP contribution in [0.4, 0.5) is 5.82 Å². The number of nitrogens with zero attached hydrogens (tertiary/aromatic N) is 6. The molecule has 2 aromatic heterocycles. The van der Waals surface area contributed by atoms with E-state index in [4.69, 9.17) is 4.74 Å². The molecule has 1 aliphatic heterocycles. The molecule has 0 fully saturated rings. The van der Waals surface area contributed by atoms with Gasteiger partial charge in [-0.1, -0.05) is 30.3 Å². The Labute approximate surface area is 140 Å². The third kappa shape index (κ3) is 2.68. The van der Waals surface area contributed by atoms with Crippen LogP contribution in [0.5, 0.6) is 5.88 Å². The Bertz CT molecular complexity index is 832. The highest BCUT2D eigenvalue weighted by Crippen LogP contribution is 2.24. The topological polar surface area (TPSA) is 69.0 Å². The van der Waals surface area contributed by atoms with Gasteiger partial charge >= 0.3 is 0 Å². The maximum absolute atomic E-state index is 5.44. The number of anilines is 1. The molecule has 0 spiro atoms. The Hall–Kier alpha value is -2.96. The molecule has 0 bridgehead atoms. The summed E-state index contributed by atoms with van der Waals surface area (Å²) < 4.78 is 7.61. The zero-order chi connectivity index (χ0) is 16.4. The lowest BCUT2D eigenvalue weighted by Crippen LogP contribution is -2.34. The molecule has 4 rings (SSSR count). The summed E-state index contributed by atoms with van der Waals surface area (Å²) in [6.07, 6.45) is 3.39. The van der Waals surface area contributed by atoms with Gasteiger partial charge in [0.05, 0.1) is 25.5 Å². The summed E-state index contributed by atoms with van der Waals surface area (Å²) >= 11 is 0. The lowest BCUT2D eigenvalue weighted by atomic mass is 10.2. The molecular weight excluding hydrogens is 304 g/mol. The summed E-state index contributed by atoms with van der Waals surface area (Å²) in [6, 6.07) is 10.1. The van der Waals surface area contributed by atoms with E-state index >= 15 is 0 Å². The molecule has 0 saturated heterocycles. The Balaban J connectivity index is 1.59. The Morgan fingerprint density at radius 3 is 2.79 bits per heavy atom. The van der Waals surface area contributed by atoms with E-state index in [1.165, 1.54) is 0 Å². The maximum Gasteiger partial charge on any atom is 0.234 e. The normalized spacial score (nSPS) is 13.6. The molecule has 3 aromatic rings. The van der Waals surface area contributed by atoms with Gasteiger partial charge in [-0.05, 0) is 6.92 Å². The van der Waals surface area contributed by atoms with Crippen LogP contribution in [-0.4, -0.2) is 37.9 Å². The minimum absolute atomic E-state index is 0.548. The van der Waals surface area contributed by atoms with Crippen molar-refractivity contribution in [2.24, 2.45) is 0 Å². The van der Waals surface area contributed by atoms with Gasteiger partial charge in [0.15, 0.2) is 17.5 Å². The molecule has 0 radical (unpaired) electrons. The molecule has 0 N–H and O–H groups in total. The molecule has 24 heavy (non-hydrogen) atoms. The van der Waals surface area contributed by atoms with E-state index in [9.17, 15) is 0 Å². The fourth-order valence-electron chi connectivity index (χ4n) is 2.86. The molecule has 0 unspecified atom stereocenters. The van der Waals surface area contributed by atoms with E-state index in [1.807, 2.05) is 25.1 Å². The first-order valence-corrected chi connectivity index (χ1v) is 8.02. The first kappa shape index (κ1) is 14.6. The van der Waals surface area contributed by atoms with E-state index in [-0.39, 0.29) is 0 Å². The summed E-state index contributed by atoms with van der Waals surface area (Å²) in [5.74, 6) is 3.20. The third-order valence-electron chi connectivity index (χ3n) is 4.00. The van der Waals surface area contributed by atoms with Crippen LogP contribution in [0, 0.1) is 0 Å². The number of hydrogen-bond donors (Lipinski definition) is 0. The van der Waals surface area contributed by atoms with Crippen LogP contribution < -0.4 is 9.64 Å². The van der Waals surface area contributed by atoms with Gasteiger partial charge in [0, 0.05) is 18.7 Å². The molecule has 1 aliphatic rings. The number of ether oxygens (including phenoxy) is 1. The second-order valence-corrected chi connectivity index (χ2v) is 5.53. The van der Waals surface area contributed by atoms with Gasteiger partial charge in [0.1, 0.15) is 0 Å². The molecule has 3 heterocycles. The lowest BCUT2D eigenvalue weighted by Gasteiger charge is -2.28. The van der Waals surface area contributed by atoms with Crippen LogP contribution in [-0.2, 0) is 13.1 Å². The average Bonchev–Trinajstić information content (AvgIpc) is 3.06. The summed E-state index contributed by atoms with van der Waals surface area (Å²) in [6.45, 7) is 4.81. The van der Waals surface area contributed by atoms with E-state index in [2.05, 4.69) is 41.8 Å². The van der Waals surface area contributed by atoms with Gasteiger partial charge in [-0.25, -0.2) is 0 Å². The molecule has 1 aromatic carbocycles. The van der Waals surface area contributed by atoms with Crippen molar-refractivity contribution < 1.29 is 4.74 Å². The van der Waals surface area contributed by atoms with Crippen LogP contribution >= 0.6 is 0 Å². The molecule has 7 nitrogen and oxygen atoms in total. The van der Waals surface area contributed by atoms with E-state index in [0.717, 1.165) is 36.1 Å². The fourth-order valence-corrected chi connectivity index (χ4v) is 2.86. The van der Waals surface area contributed by atoms with Crippen molar-refractivity contribution in [2.75, 3.05) is 18.1 Å². The molecule has 0 amide bonds. The predicted molar refractivity (Wildman–Crippen MR) is 89.7 cm³/mol. The molecule has 0 atom stereocenters. The van der Waals surface area contributed by atoms with Crippen LogP contribution in [0.1, 0.15) is 12.7 Å². The monoisotopic (exact) mass is 322 g/mol. The van der Waals surface area contributed by atoms with Crippen LogP contribution in [0.25, 0.3) is 11.4 Å². The summed E-state index contributed by atoms with van der Waals surface area (Å²) in [4.78, 5) is 10.9. The molecule has 7 heteroatoms. The number of rotatable bonds is 4. The third-order valence-corrected chi connectivity index (χ3v) is 4.00. The van der Waals surface area contributed by atoms with Crippen molar-refractivity contribution in [3.8, 4) is 17.3 Å². The van der Waals surface area contributed by atoms with Crippen molar-refractivity contribution in [3.05, 3.63) is 48.5 Å². The van der Waals surface area contributed by atoms with Gasteiger partial charge in [-0.3, -0.25) is 4.98 Å². The van der Waals surface area contributed by atoms with Crippen LogP contribution in [0.2, 0.25) is 0 Å². The minimum Gasteiger partial charge on any atom is -0.477 e. The van der Waals surface area contributed by atoms with Crippen molar-refractivity contribution in [2.45, 2.75) is 20.0 Å². The zero-order valence-electron chi connectivity index (χ0n) is 13.5. The van der Waals surface area contributed by atoms with Crippen LogP contribution in [0.15, 0.2) is 42.7 Å². The quantitative estimate of drug-likeness (QED) is 0.733. The predicted octanol–water partition coefficient (Wildman–Crippen LogP) is 2.15. The Kier molecular flexibility index (Phi) is 3.82. The van der Waals surface area contributed by atoms with Gasteiger partial charge in [0.25, 0.3) is 0 Å². The summed E-state index contributed by atoms with van der Waals surface area (Å²) in [5, 5.41) is 8.73. The standard InChI is InChI=1S/C17H18N6O/c1-2-24-16-11-18-10-14(19-16)22-8-9-23-15(12-22)20-21-17(23)13-6-4-3-5-7-13/h3-7,10-11H,2,8-9,12H2,1H3. The maximum atomic E-state index is 5.44. The molecule has 0 saturated carbocycles. The van der Waals surface area contributed by atoms with Crippen molar-refractivity contribution in [1.29, 1.82) is 0 Å². The fraction of sp³-hybridized carbons (Fsp3) is 0.294. The second kappa shape index (κ2) is 6.27. The number of aromatic nitrogens is 5. The SMILES string of the molecule is CCOc1cncc(N2CCn3c(nnc3-c3ccccc3)C2)n1. The molecule has 0 aliphatic carbocycles. The highest BCUT2D eigenvalue weighted by atomic mass is 16.5. The van der Waals surface area contributed by atoms with E-state index in [1.54, 1.807) is 12.4 Å². The lowest BCUT2D eigenvalue weighted by molar-refractivity contribution is 0.325. The van der Waals surface area contributed by atoms with Crippen LogP contribution in [0.3, 0.4) is 0 Å². The number of fused-ring (bicyclic) bond motifs is 1. The van der Waals surface area contributed by atoms with Gasteiger partial charge in [-0.15, -0.1) is 10.2 Å². The number of hydrogen-bond acceptors (Lipinski definition) is 6. The van der Waals surface area contributed by atoms with E-state index < -0.39 is 0 Å². The molecule has 122 valence electrons. The summed E-state index contributed by atoms with van der Waals surface area (Å²) in [7, 11) is 0. The van der Waals surface area contributed by atoms with Gasteiger partial charge in [-0.2, -0.15) is 4.98 Å². The van der Waals surface area contributed by atoms with Gasteiger partial charge in [0.2, 0.25) is 5.88 Å². The van der Waals surface area contributed by atoms with E-state index in [0.29, 0.717) is 19.0 Å². The summed E-state index contributed by atoms with van der Waals surface area (Å²) in [5.41, 5.74) is 1.09.